The van der Waals surface area contributed by atoms with E-state index in [0.717, 1.165) is 18.1 Å². The Hall–Kier alpha value is -1.58. The number of imidazole rings is 2. The van der Waals surface area contributed by atoms with Crippen molar-refractivity contribution in [2.45, 2.75) is 26.2 Å². The average Bonchev–Trinajstić information content (AvgIpc) is 2.90. The Balaban J connectivity index is 2.33. The fraction of sp³-hybridized carbons (Fsp3) is 0.455. The van der Waals surface area contributed by atoms with Crippen LogP contribution in [0.25, 0.3) is 0 Å². The molecule has 0 saturated heterocycles. The molecule has 2 rings (SSSR count). The fourth-order valence-corrected chi connectivity index (χ4v) is 1.80. The van der Waals surface area contributed by atoms with Crippen LogP contribution >= 0.6 is 0 Å². The van der Waals surface area contributed by atoms with Gasteiger partial charge >= 0.3 is 0 Å². The zero-order chi connectivity index (χ0) is 10.7. The van der Waals surface area contributed by atoms with E-state index in [-0.39, 0.29) is 5.92 Å². The number of rotatable bonds is 4. The maximum Gasteiger partial charge on any atom is 0.117 e. The summed E-state index contributed by atoms with van der Waals surface area (Å²) in [7, 11) is 0. The molecule has 0 aliphatic carbocycles. The summed E-state index contributed by atoms with van der Waals surface area (Å²) in [5.74, 6) is 2.72. The lowest BCUT2D eigenvalue weighted by atomic mass is 9.90. The van der Waals surface area contributed by atoms with Crippen LogP contribution in [0, 0.1) is 5.92 Å². The lowest BCUT2D eigenvalue weighted by Gasteiger charge is -2.18. The molecule has 0 aliphatic heterocycles. The number of H-pyrrole nitrogens is 2. The molecule has 2 heterocycles. The monoisotopic (exact) mass is 204 g/mol. The molecule has 4 nitrogen and oxygen atoms in total. The van der Waals surface area contributed by atoms with E-state index in [4.69, 9.17) is 0 Å². The first-order valence-electron chi connectivity index (χ1n) is 5.31. The second-order valence-corrected chi connectivity index (χ2v) is 3.81. The molecule has 15 heavy (non-hydrogen) atoms. The van der Waals surface area contributed by atoms with Gasteiger partial charge in [0, 0.05) is 24.8 Å². The van der Waals surface area contributed by atoms with Crippen molar-refractivity contribution < 1.29 is 0 Å². The standard InChI is InChI=1S/C11H16N4/c1-3-8(2)9(10-12-4-5-13-10)11-14-6-7-15-11/h4-9H,3H2,1-2H3,(H,12,13)(H,14,15). The maximum atomic E-state index is 4.33. The molecule has 4 heteroatoms. The van der Waals surface area contributed by atoms with Gasteiger partial charge in [0.25, 0.3) is 0 Å². The van der Waals surface area contributed by atoms with Crippen molar-refractivity contribution in [3.8, 4) is 0 Å². The normalized spacial score (nSPS) is 13.3. The number of aromatic amines is 2. The maximum absolute atomic E-state index is 4.33. The van der Waals surface area contributed by atoms with Gasteiger partial charge in [-0.15, -0.1) is 0 Å². The second-order valence-electron chi connectivity index (χ2n) is 3.81. The molecule has 1 unspecified atom stereocenters. The number of aromatic nitrogens is 4. The molecule has 0 saturated carbocycles. The zero-order valence-electron chi connectivity index (χ0n) is 9.07. The topological polar surface area (TPSA) is 57.4 Å². The SMILES string of the molecule is CCC(C)C(c1ncc[nH]1)c1ncc[nH]1. The van der Waals surface area contributed by atoms with E-state index in [1.165, 1.54) is 0 Å². The van der Waals surface area contributed by atoms with Gasteiger partial charge in [-0.1, -0.05) is 20.3 Å². The first-order chi connectivity index (χ1) is 7.33. The van der Waals surface area contributed by atoms with E-state index in [9.17, 15) is 0 Å². The summed E-state index contributed by atoms with van der Waals surface area (Å²) >= 11 is 0. The molecule has 2 aromatic heterocycles. The van der Waals surface area contributed by atoms with Gasteiger partial charge in [-0.25, -0.2) is 9.97 Å². The van der Waals surface area contributed by atoms with Crippen molar-refractivity contribution in [2.24, 2.45) is 5.92 Å². The van der Waals surface area contributed by atoms with Crippen molar-refractivity contribution >= 4 is 0 Å². The first-order valence-corrected chi connectivity index (χ1v) is 5.31. The molecule has 0 bridgehead atoms. The van der Waals surface area contributed by atoms with Crippen LogP contribution in [0.1, 0.15) is 37.8 Å². The lowest BCUT2D eigenvalue weighted by Crippen LogP contribution is -2.14. The van der Waals surface area contributed by atoms with Gasteiger partial charge < -0.3 is 9.97 Å². The Morgan fingerprint density at radius 1 is 1.13 bits per heavy atom. The van der Waals surface area contributed by atoms with Crippen LogP contribution < -0.4 is 0 Å². The predicted molar refractivity (Wildman–Crippen MR) is 58.5 cm³/mol. The third-order valence-electron chi connectivity index (χ3n) is 2.84. The van der Waals surface area contributed by atoms with Crippen LogP contribution in [0.15, 0.2) is 24.8 Å². The summed E-state index contributed by atoms with van der Waals surface area (Å²) in [6.07, 6.45) is 8.38. The van der Waals surface area contributed by atoms with Gasteiger partial charge in [0.15, 0.2) is 0 Å². The van der Waals surface area contributed by atoms with Crippen LogP contribution in [0.4, 0.5) is 0 Å². The smallest absolute Gasteiger partial charge is 0.117 e. The van der Waals surface area contributed by atoms with Gasteiger partial charge in [0.05, 0.1) is 5.92 Å². The van der Waals surface area contributed by atoms with Gasteiger partial charge in [-0.2, -0.15) is 0 Å². The molecule has 0 amide bonds. The summed E-state index contributed by atoms with van der Waals surface area (Å²) in [5.41, 5.74) is 0. The largest absolute Gasteiger partial charge is 0.348 e. The Morgan fingerprint density at radius 2 is 1.67 bits per heavy atom. The summed E-state index contributed by atoms with van der Waals surface area (Å²) in [6.45, 7) is 4.40. The minimum absolute atomic E-state index is 0.236. The number of hydrogen-bond acceptors (Lipinski definition) is 2. The Labute approximate surface area is 89.2 Å². The van der Waals surface area contributed by atoms with Gasteiger partial charge in [-0.3, -0.25) is 0 Å². The molecule has 2 N–H and O–H groups in total. The highest BCUT2D eigenvalue weighted by Gasteiger charge is 2.24. The molecule has 0 aliphatic rings. The van der Waals surface area contributed by atoms with E-state index in [1.54, 1.807) is 12.4 Å². The van der Waals surface area contributed by atoms with Crippen LogP contribution in [-0.2, 0) is 0 Å². The number of nitrogens with zero attached hydrogens (tertiary/aromatic N) is 2. The minimum atomic E-state index is 0.236. The molecular weight excluding hydrogens is 188 g/mol. The Morgan fingerprint density at radius 3 is 2.00 bits per heavy atom. The van der Waals surface area contributed by atoms with Crippen LogP contribution in [0.3, 0.4) is 0 Å². The highest BCUT2D eigenvalue weighted by molar-refractivity contribution is 5.12. The third-order valence-corrected chi connectivity index (χ3v) is 2.84. The molecule has 1 atom stereocenters. The van der Waals surface area contributed by atoms with E-state index in [2.05, 4.69) is 33.8 Å². The molecule has 0 spiro atoms. The quantitative estimate of drug-likeness (QED) is 0.803. The summed E-state index contributed by atoms with van der Waals surface area (Å²) in [5, 5.41) is 0. The fourth-order valence-electron chi connectivity index (χ4n) is 1.80. The van der Waals surface area contributed by atoms with E-state index in [0.29, 0.717) is 5.92 Å². The summed E-state index contributed by atoms with van der Waals surface area (Å²) in [4.78, 5) is 15.0. The van der Waals surface area contributed by atoms with Crippen molar-refractivity contribution in [2.75, 3.05) is 0 Å². The molecule has 0 fully saturated rings. The van der Waals surface area contributed by atoms with Crippen LogP contribution in [0.2, 0.25) is 0 Å². The average molecular weight is 204 g/mol. The van der Waals surface area contributed by atoms with E-state index < -0.39 is 0 Å². The first kappa shape index (κ1) is 9.96. The lowest BCUT2D eigenvalue weighted by molar-refractivity contribution is 0.466. The third kappa shape index (κ3) is 1.93. The molecule has 0 radical (unpaired) electrons. The number of nitrogens with one attached hydrogen (secondary N) is 2. The Bertz CT molecular complexity index is 342. The van der Waals surface area contributed by atoms with Gasteiger partial charge in [-0.05, 0) is 5.92 Å². The van der Waals surface area contributed by atoms with Gasteiger partial charge in [0.2, 0.25) is 0 Å². The predicted octanol–water partition coefficient (Wildman–Crippen LogP) is 2.31. The van der Waals surface area contributed by atoms with E-state index in [1.807, 2.05) is 12.4 Å². The minimum Gasteiger partial charge on any atom is -0.348 e. The highest BCUT2D eigenvalue weighted by Crippen LogP contribution is 2.28. The molecule has 2 aromatic rings. The van der Waals surface area contributed by atoms with Crippen LogP contribution in [0.5, 0.6) is 0 Å². The van der Waals surface area contributed by atoms with Gasteiger partial charge in [0.1, 0.15) is 11.6 Å². The molecule has 0 aromatic carbocycles. The Kier molecular flexibility index (Phi) is 2.85. The zero-order valence-corrected chi connectivity index (χ0v) is 9.07. The van der Waals surface area contributed by atoms with Crippen LogP contribution in [-0.4, -0.2) is 19.9 Å². The molecular formula is C11H16N4. The summed E-state index contributed by atoms with van der Waals surface area (Å²) < 4.78 is 0. The molecule has 80 valence electrons. The summed E-state index contributed by atoms with van der Waals surface area (Å²) in [6, 6.07) is 0. The van der Waals surface area contributed by atoms with E-state index >= 15 is 0 Å². The second kappa shape index (κ2) is 4.29. The van der Waals surface area contributed by atoms with Crippen molar-refractivity contribution in [1.29, 1.82) is 0 Å². The van der Waals surface area contributed by atoms with Crippen molar-refractivity contribution in [3.05, 3.63) is 36.4 Å². The number of hydrogen-bond donors (Lipinski definition) is 2. The van der Waals surface area contributed by atoms with Crippen molar-refractivity contribution in [3.63, 3.8) is 0 Å². The highest BCUT2D eigenvalue weighted by atomic mass is 15.0. The van der Waals surface area contributed by atoms with Crippen molar-refractivity contribution in [1.82, 2.24) is 19.9 Å².